The van der Waals surface area contributed by atoms with Crippen molar-refractivity contribution in [3.63, 3.8) is 0 Å². The van der Waals surface area contributed by atoms with Gasteiger partial charge in [-0.3, -0.25) is 0 Å². The van der Waals surface area contributed by atoms with Crippen molar-refractivity contribution < 1.29 is 0 Å². The highest BCUT2D eigenvalue weighted by Gasteiger charge is 2.01. The Morgan fingerprint density at radius 1 is 0.944 bits per heavy atom. The van der Waals surface area contributed by atoms with Crippen LogP contribution in [0.2, 0.25) is 5.02 Å². The summed E-state index contributed by atoms with van der Waals surface area (Å²) in [5.41, 5.74) is 2.39. The first kappa shape index (κ1) is 11.3. The molecule has 1 heteroatoms. The van der Waals surface area contributed by atoms with Gasteiger partial charge in [-0.1, -0.05) is 60.1 Å². The molecular weight excluding hydrogens is 240 g/mol. The second kappa shape index (κ2) is 4.83. The average Bonchev–Trinajstić information content (AvgIpc) is 2.41. The lowest BCUT2D eigenvalue weighted by atomic mass is 10.0. The monoisotopic (exact) mass is 251 g/mol. The molecule has 3 rings (SSSR count). The van der Waals surface area contributed by atoms with Crippen LogP contribution in [-0.4, -0.2) is 0 Å². The predicted octanol–water partition coefficient (Wildman–Crippen LogP) is 4.88. The number of benzene rings is 3. The Hall–Kier alpha value is -1.79. The highest BCUT2D eigenvalue weighted by Crippen LogP contribution is 2.21. The number of rotatable bonds is 2. The number of fused-ring (bicyclic) bond motifs is 1. The quantitative estimate of drug-likeness (QED) is 0.609. The molecule has 0 N–H and O–H groups in total. The summed E-state index contributed by atoms with van der Waals surface area (Å²) >= 11 is 6.17. The third kappa shape index (κ3) is 2.25. The molecule has 0 fully saturated rings. The van der Waals surface area contributed by atoms with Crippen molar-refractivity contribution in [3.8, 4) is 0 Å². The van der Waals surface area contributed by atoms with Crippen molar-refractivity contribution in [1.82, 2.24) is 0 Å². The second-order valence-electron chi connectivity index (χ2n) is 4.38. The zero-order valence-electron chi connectivity index (χ0n) is 9.86. The van der Waals surface area contributed by atoms with Gasteiger partial charge in [-0.15, -0.1) is 0 Å². The molecule has 0 aromatic heterocycles. The SMILES string of the molecule is Clc1cc[c]cc1Cc1ccc2ccccc2c1. The van der Waals surface area contributed by atoms with Crippen LogP contribution >= 0.6 is 11.6 Å². The second-order valence-corrected chi connectivity index (χ2v) is 4.78. The summed E-state index contributed by atoms with van der Waals surface area (Å²) in [6.45, 7) is 0. The van der Waals surface area contributed by atoms with E-state index in [0.717, 1.165) is 17.0 Å². The van der Waals surface area contributed by atoms with Gasteiger partial charge < -0.3 is 0 Å². The van der Waals surface area contributed by atoms with E-state index in [1.165, 1.54) is 16.3 Å². The van der Waals surface area contributed by atoms with Gasteiger partial charge in [0.15, 0.2) is 0 Å². The molecule has 0 aliphatic heterocycles. The number of hydrogen-bond acceptors (Lipinski definition) is 0. The van der Waals surface area contributed by atoms with Crippen LogP contribution in [0.5, 0.6) is 0 Å². The van der Waals surface area contributed by atoms with Crippen LogP contribution in [0.15, 0.2) is 60.7 Å². The van der Waals surface area contributed by atoms with E-state index in [4.69, 9.17) is 11.6 Å². The summed E-state index contributed by atoms with van der Waals surface area (Å²) in [4.78, 5) is 0. The zero-order chi connectivity index (χ0) is 12.4. The number of halogens is 1. The Bertz CT molecular complexity index is 686. The molecule has 0 heterocycles. The summed E-state index contributed by atoms with van der Waals surface area (Å²) in [6, 6.07) is 23.7. The normalized spacial score (nSPS) is 10.7. The topological polar surface area (TPSA) is 0 Å². The summed E-state index contributed by atoms with van der Waals surface area (Å²) in [7, 11) is 0. The van der Waals surface area contributed by atoms with Crippen molar-refractivity contribution in [1.29, 1.82) is 0 Å². The van der Waals surface area contributed by atoms with Crippen molar-refractivity contribution in [2.24, 2.45) is 0 Å². The lowest BCUT2D eigenvalue weighted by Crippen LogP contribution is -1.89. The van der Waals surface area contributed by atoms with Gasteiger partial charge in [0.05, 0.1) is 0 Å². The van der Waals surface area contributed by atoms with Crippen LogP contribution in [0.4, 0.5) is 0 Å². The first-order valence-electron chi connectivity index (χ1n) is 5.95. The third-order valence-corrected chi connectivity index (χ3v) is 3.47. The highest BCUT2D eigenvalue weighted by atomic mass is 35.5. The summed E-state index contributed by atoms with van der Waals surface area (Å²) in [5, 5.41) is 3.35. The molecule has 1 radical (unpaired) electrons. The molecule has 87 valence electrons. The molecule has 3 aromatic rings. The van der Waals surface area contributed by atoms with Crippen molar-refractivity contribution in [2.45, 2.75) is 6.42 Å². The molecule has 0 bridgehead atoms. The number of hydrogen-bond donors (Lipinski definition) is 0. The van der Waals surface area contributed by atoms with E-state index in [2.05, 4.69) is 48.5 Å². The van der Waals surface area contributed by atoms with Crippen molar-refractivity contribution >= 4 is 22.4 Å². The fourth-order valence-corrected chi connectivity index (χ4v) is 2.33. The Kier molecular flexibility index (Phi) is 3.04. The molecular formula is C17H12Cl. The molecule has 0 nitrogen and oxygen atoms in total. The maximum Gasteiger partial charge on any atom is 0.0441 e. The predicted molar refractivity (Wildman–Crippen MR) is 77.0 cm³/mol. The van der Waals surface area contributed by atoms with E-state index in [0.29, 0.717) is 0 Å². The van der Waals surface area contributed by atoms with Crippen LogP contribution in [0, 0.1) is 6.07 Å². The molecule has 0 aliphatic carbocycles. The van der Waals surface area contributed by atoms with Crippen molar-refractivity contribution in [3.05, 3.63) is 82.9 Å². The molecule has 0 aliphatic rings. The van der Waals surface area contributed by atoms with E-state index >= 15 is 0 Å². The smallest absolute Gasteiger partial charge is 0.0441 e. The van der Waals surface area contributed by atoms with E-state index in [-0.39, 0.29) is 0 Å². The summed E-state index contributed by atoms with van der Waals surface area (Å²) < 4.78 is 0. The lowest BCUT2D eigenvalue weighted by molar-refractivity contribution is 1.20. The Balaban J connectivity index is 1.98. The molecule has 0 saturated carbocycles. The minimum absolute atomic E-state index is 0.807. The molecule has 18 heavy (non-hydrogen) atoms. The molecule has 3 aromatic carbocycles. The van der Waals surface area contributed by atoms with Crippen molar-refractivity contribution in [2.75, 3.05) is 0 Å². The first-order chi connectivity index (χ1) is 8.83. The van der Waals surface area contributed by atoms with Gasteiger partial charge in [-0.2, -0.15) is 0 Å². The average molecular weight is 252 g/mol. The molecule has 0 atom stereocenters. The zero-order valence-corrected chi connectivity index (χ0v) is 10.6. The molecule has 0 amide bonds. The highest BCUT2D eigenvalue weighted by molar-refractivity contribution is 6.31. The molecule has 0 saturated heterocycles. The van der Waals surface area contributed by atoms with E-state index in [1.54, 1.807) is 0 Å². The minimum Gasteiger partial charge on any atom is -0.0840 e. The lowest BCUT2D eigenvalue weighted by Gasteiger charge is -2.05. The van der Waals surface area contributed by atoms with E-state index in [1.807, 2.05) is 18.2 Å². The van der Waals surface area contributed by atoms with Crippen LogP contribution in [-0.2, 0) is 6.42 Å². The van der Waals surface area contributed by atoms with Gasteiger partial charge in [0.25, 0.3) is 0 Å². The van der Waals surface area contributed by atoms with Crippen LogP contribution in [0.1, 0.15) is 11.1 Å². The summed E-state index contributed by atoms with van der Waals surface area (Å²) in [6.07, 6.45) is 0.848. The van der Waals surface area contributed by atoms with Gasteiger partial charge >= 0.3 is 0 Å². The maximum absolute atomic E-state index is 6.17. The van der Waals surface area contributed by atoms with Gasteiger partial charge in [-0.25, -0.2) is 0 Å². The van der Waals surface area contributed by atoms with Gasteiger partial charge in [0.2, 0.25) is 0 Å². The standard InChI is InChI=1S/C17H12Cl/c18-17-8-4-3-7-16(17)12-13-9-10-14-5-1-2-6-15(14)11-13/h1-2,4-11H,12H2. The fraction of sp³-hybridized carbons (Fsp3) is 0.0588. The summed E-state index contributed by atoms with van der Waals surface area (Å²) in [5.74, 6) is 0. The first-order valence-corrected chi connectivity index (χ1v) is 6.33. The van der Waals surface area contributed by atoms with E-state index < -0.39 is 0 Å². The minimum atomic E-state index is 0.807. The van der Waals surface area contributed by atoms with Crippen LogP contribution in [0.25, 0.3) is 10.8 Å². The third-order valence-electron chi connectivity index (χ3n) is 3.10. The van der Waals surface area contributed by atoms with Crippen LogP contribution in [0.3, 0.4) is 0 Å². The maximum atomic E-state index is 6.17. The largest absolute Gasteiger partial charge is 0.0840 e. The Labute approximate surface area is 112 Å². The Morgan fingerprint density at radius 2 is 1.78 bits per heavy atom. The molecule has 0 unspecified atom stereocenters. The molecule has 0 spiro atoms. The van der Waals surface area contributed by atoms with Crippen LogP contribution < -0.4 is 0 Å². The van der Waals surface area contributed by atoms with Gasteiger partial charge in [-0.05, 0) is 46.5 Å². The Morgan fingerprint density at radius 3 is 2.61 bits per heavy atom. The van der Waals surface area contributed by atoms with E-state index in [9.17, 15) is 0 Å². The fourth-order valence-electron chi connectivity index (χ4n) is 2.15. The van der Waals surface area contributed by atoms with Gasteiger partial charge in [0, 0.05) is 5.02 Å². The van der Waals surface area contributed by atoms with Gasteiger partial charge in [0.1, 0.15) is 0 Å².